The zero-order valence-corrected chi connectivity index (χ0v) is 15.2. The smallest absolute Gasteiger partial charge is 0.229 e. The first-order valence-corrected chi connectivity index (χ1v) is 8.63. The van der Waals surface area contributed by atoms with Crippen LogP contribution >= 0.6 is 15.9 Å². The lowest BCUT2D eigenvalue weighted by atomic mass is 10.0. The molecule has 0 aliphatic rings. The lowest BCUT2D eigenvalue weighted by Crippen LogP contribution is -2.00. The molecule has 0 saturated carbocycles. The van der Waals surface area contributed by atoms with Crippen molar-refractivity contribution < 1.29 is 0 Å². The Kier molecular flexibility index (Phi) is 5.11. The fourth-order valence-electron chi connectivity index (χ4n) is 2.27. The Balaban J connectivity index is 1.74. The van der Waals surface area contributed by atoms with Gasteiger partial charge in [-0.1, -0.05) is 38.1 Å². The molecule has 24 heavy (non-hydrogen) atoms. The molecule has 0 amide bonds. The van der Waals surface area contributed by atoms with E-state index in [-0.39, 0.29) is 0 Å². The van der Waals surface area contributed by atoms with Crippen molar-refractivity contribution >= 4 is 39.1 Å². The van der Waals surface area contributed by atoms with E-state index in [2.05, 4.69) is 62.5 Å². The quantitative estimate of drug-likeness (QED) is 0.580. The number of nitrogens with one attached hydrogen (secondary N) is 2. The van der Waals surface area contributed by atoms with Crippen LogP contribution in [0.15, 0.2) is 65.3 Å². The summed E-state index contributed by atoms with van der Waals surface area (Å²) >= 11 is 3.52. The molecule has 0 spiro atoms. The van der Waals surface area contributed by atoms with Gasteiger partial charge in [0.1, 0.15) is 5.82 Å². The van der Waals surface area contributed by atoms with Crippen LogP contribution in [-0.2, 0) is 0 Å². The topological polar surface area (TPSA) is 49.8 Å². The van der Waals surface area contributed by atoms with Crippen LogP contribution in [-0.4, -0.2) is 9.97 Å². The fourth-order valence-corrected chi connectivity index (χ4v) is 2.65. The van der Waals surface area contributed by atoms with Gasteiger partial charge in [-0.05, 0) is 57.7 Å². The first kappa shape index (κ1) is 16.5. The second-order valence-corrected chi connectivity index (χ2v) is 6.63. The van der Waals surface area contributed by atoms with Crippen molar-refractivity contribution in [3.63, 3.8) is 0 Å². The van der Waals surface area contributed by atoms with Crippen molar-refractivity contribution in [1.29, 1.82) is 0 Å². The zero-order chi connectivity index (χ0) is 16.9. The lowest BCUT2D eigenvalue weighted by molar-refractivity contribution is 0.867. The molecule has 2 aromatic carbocycles. The summed E-state index contributed by atoms with van der Waals surface area (Å²) < 4.78 is 0.988. The van der Waals surface area contributed by atoms with Gasteiger partial charge in [-0.25, -0.2) is 4.98 Å². The van der Waals surface area contributed by atoms with Crippen molar-refractivity contribution in [2.45, 2.75) is 19.8 Å². The third-order valence-corrected chi connectivity index (χ3v) is 4.32. The third-order valence-electron chi connectivity index (χ3n) is 3.63. The van der Waals surface area contributed by atoms with Gasteiger partial charge in [-0.2, -0.15) is 4.98 Å². The van der Waals surface area contributed by atoms with Gasteiger partial charge in [0, 0.05) is 16.4 Å². The molecule has 0 atom stereocenters. The summed E-state index contributed by atoms with van der Waals surface area (Å²) in [6.07, 6.45) is 1.73. The predicted molar refractivity (Wildman–Crippen MR) is 103 cm³/mol. The van der Waals surface area contributed by atoms with Crippen LogP contribution in [0.1, 0.15) is 25.3 Å². The number of aromatic nitrogens is 2. The summed E-state index contributed by atoms with van der Waals surface area (Å²) in [6.45, 7) is 4.37. The second-order valence-electron chi connectivity index (χ2n) is 5.77. The van der Waals surface area contributed by atoms with Crippen LogP contribution in [0.5, 0.6) is 0 Å². The molecule has 0 bridgehead atoms. The van der Waals surface area contributed by atoms with Crippen LogP contribution < -0.4 is 10.6 Å². The molecular formula is C19H19BrN4. The average Bonchev–Trinajstić information content (AvgIpc) is 2.58. The number of anilines is 4. The van der Waals surface area contributed by atoms with Gasteiger partial charge in [0.05, 0.1) is 5.69 Å². The largest absolute Gasteiger partial charge is 0.339 e. The molecule has 4 nitrogen and oxygen atoms in total. The highest BCUT2D eigenvalue weighted by Crippen LogP contribution is 2.25. The summed E-state index contributed by atoms with van der Waals surface area (Å²) in [5, 5.41) is 6.52. The van der Waals surface area contributed by atoms with Gasteiger partial charge in [-0.15, -0.1) is 0 Å². The van der Waals surface area contributed by atoms with Crippen LogP contribution in [0.4, 0.5) is 23.1 Å². The first-order chi connectivity index (χ1) is 11.6. The fraction of sp³-hybridized carbons (Fsp3) is 0.158. The Morgan fingerprint density at radius 3 is 2.38 bits per heavy atom. The van der Waals surface area contributed by atoms with Gasteiger partial charge >= 0.3 is 0 Å². The maximum atomic E-state index is 4.51. The highest BCUT2D eigenvalue weighted by molar-refractivity contribution is 9.10. The van der Waals surface area contributed by atoms with E-state index in [1.807, 2.05) is 42.5 Å². The molecule has 0 saturated heterocycles. The van der Waals surface area contributed by atoms with Crippen molar-refractivity contribution in [3.05, 3.63) is 70.8 Å². The van der Waals surface area contributed by atoms with Crippen LogP contribution in [0, 0.1) is 0 Å². The van der Waals surface area contributed by atoms with E-state index in [1.54, 1.807) is 6.20 Å². The number of hydrogen-bond acceptors (Lipinski definition) is 4. The van der Waals surface area contributed by atoms with Crippen molar-refractivity contribution in [3.8, 4) is 0 Å². The van der Waals surface area contributed by atoms with Crippen LogP contribution in [0.2, 0.25) is 0 Å². The molecule has 0 aliphatic heterocycles. The average molecular weight is 383 g/mol. The predicted octanol–water partition coefficient (Wildman–Crippen LogP) is 5.85. The van der Waals surface area contributed by atoms with E-state index in [4.69, 9.17) is 0 Å². The van der Waals surface area contributed by atoms with E-state index in [1.165, 1.54) is 5.56 Å². The summed E-state index contributed by atoms with van der Waals surface area (Å²) in [5.41, 5.74) is 3.24. The second kappa shape index (κ2) is 7.45. The highest BCUT2D eigenvalue weighted by atomic mass is 79.9. The molecule has 1 aromatic heterocycles. The maximum Gasteiger partial charge on any atom is 0.229 e. The Hall–Kier alpha value is -2.40. The number of halogens is 1. The molecule has 0 radical (unpaired) electrons. The Morgan fingerprint density at radius 2 is 1.67 bits per heavy atom. The molecule has 0 fully saturated rings. The van der Waals surface area contributed by atoms with E-state index in [0.29, 0.717) is 11.9 Å². The molecule has 5 heteroatoms. The summed E-state index contributed by atoms with van der Waals surface area (Å²) in [6, 6.07) is 18.1. The van der Waals surface area contributed by atoms with Gasteiger partial charge in [0.2, 0.25) is 5.95 Å². The number of hydrogen-bond donors (Lipinski definition) is 2. The van der Waals surface area contributed by atoms with E-state index in [9.17, 15) is 0 Å². The van der Waals surface area contributed by atoms with E-state index in [0.717, 1.165) is 21.7 Å². The number of benzene rings is 2. The van der Waals surface area contributed by atoms with E-state index < -0.39 is 0 Å². The number of nitrogens with zero attached hydrogens (tertiary/aromatic N) is 2. The molecule has 3 rings (SSSR count). The Labute approximate surface area is 150 Å². The number of para-hydroxylation sites is 1. The SMILES string of the molecule is CC(C)c1ccc(Nc2nccc(Nc3ccccc3Br)n2)cc1. The maximum absolute atomic E-state index is 4.51. The van der Waals surface area contributed by atoms with Crippen LogP contribution in [0.3, 0.4) is 0 Å². The minimum Gasteiger partial charge on any atom is -0.339 e. The molecule has 0 aliphatic carbocycles. The van der Waals surface area contributed by atoms with E-state index >= 15 is 0 Å². The highest BCUT2D eigenvalue weighted by Gasteiger charge is 2.04. The van der Waals surface area contributed by atoms with Gasteiger partial charge < -0.3 is 10.6 Å². The van der Waals surface area contributed by atoms with Crippen LogP contribution in [0.25, 0.3) is 0 Å². The normalized spacial score (nSPS) is 10.7. The molecule has 0 unspecified atom stereocenters. The number of rotatable bonds is 5. The lowest BCUT2D eigenvalue weighted by Gasteiger charge is -2.10. The third kappa shape index (κ3) is 4.11. The molecule has 122 valence electrons. The molecular weight excluding hydrogens is 364 g/mol. The van der Waals surface area contributed by atoms with Gasteiger partial charge in [0.15, 0.2) is 0 Å². The minimum atomic E-state index is 0.521. The molecule has 1 heterocycles. The molecule has 2 N–H and O–H groups in total. The Bertz CT molecular complexity index is 816. The standard InChI is InChI=1S/C19H19BrN4/c1-13(2)14-7-9-15(10-8-14)22-19-21-12-11-18(24-19)23-17-6-4-3-5-16(17)20/h3-13H,1-2H3,(H2,21,22,23,24). The Morgan fingerprint density at radius 1 is 0.917 bits per heavy atom. The summed E-state index contributed by atoms with van der Waals surface area (Å²) in [4.78, 5) is 8.79. The van der Waals surface area contributed by atoms with Gasteiger partial charge in [-0.3, -0.25) is 0 Å². The first-order valence-electron chi connectivity index (χ1n) is 7.83. The summed E-state index contributed by atoms with van der Waals surface area (Å²) in [7, 11) is 0. The van der Waals surface area contributed by atoms with Crippen molar-refractivity contribution in [2.75, 3.05) is 10.6 Å². The summed E-state index contributed by atoms with van der Waals surface area (Å²) in [5.74, 6) is 1.81. The van der Waals surface area contributed by atoms with Crippen molar-refractivity contribution in [1.82, 2.24) is 9.97 Å². The van der Waals surface area contributed by atoms with Crippen molar-refractivity contribution in [2.24, 2.45) is 0 Å². The zero-order valence-electron chi connectivity index (χ0n) is 13.6. The van der Waals surface area contributed by atoms with Gasteiger partial charge in [0.25, 0.3) is 0 Å². The minimum absolute atomic E-state index is 0.521. The monoisotopic (exact) mass is 382 g/mol. The molecule has 3 aromatic rings.